The van der Waals surface area contributed by atoms with E-state index in [1.807, 2.05) is 30.3 Å². The summed E-state index contributed by atoms with van der Waals surface area (Å²) >= 11 is 0. The fourth-order valence-corrected chi connectivity index (χ4v) is 3.33. The highest BCUT2D eigenvalue weighted by Crippen LogP contribution is 2.13. The Morgan fingerprint density at radius 1 is 1.13 bits per heavy atom. The zero-order valence-corrected chi connectivity index (χ0v) is 13.0. The second kappa shape index (κ2) is 7.34. The molecular formula is C16H16FNO4S. The predicted molar refractivity (Wildman–Crippen MR) is 82.9 cm³/mol. The summed E-state index contributed by atoms with van der Waals surface area (Å²) in [5.74, 6) is -1.98. The number of aliphatic carboxylic acids is 1. The van der Waals surface area contributed by atoms with Crippen LogP contribution in [0.1, 0.15) is 12.0 Å². The first kappa shape index (κ1) is 17.1. The topological polar surface area (TPSA) is 83.5 Å². The van der Waals surface area contributed by atoms with E-state index >= 15 is 0 Å². The summed E-state index contributed by atoms with van der Waals surface area (Å²) in [6, 6.07) is 12.3. The van der Waals surface area contributed by atoms with Crippen LogP contribution in [0.5, 0.6) is 0 Å². The first-order valence-electron chi connectivity index (χ1n) is 6.93. The summed E-state index contributed by atoms with van der Waals surface area (Å²) in [7, 11) is -4.10. The van der Waals surface area contributed by atoms with Crippen LogP contribution in [0.2, 0.25) is 0 Å². The molecule has 0 heterocycles. The first-order valence-corrected chi connectivity index (χ1v) is 8.41. The lowest BCUT2D eigenvalue weighted by molar-refractivity contribution is -0.139. The summed E-state index contributed by atoms with van der Waals surface area (Å²) in [6.45, 7) is 0. The van der Waals surface area contributed by atoms with E-state index in [1.165, 1.54) is 12.1 Å². The van der Waals surface area contributed by atoms with E-state index < -0.39 is 27.9 Å². The van der Waals surface area contributed by atoms with Crippen LogP contribution in [0.15, 0.2) is 59.5 Å². The van der Waals surface area contributed by atoms with Gasteiger partial charge in [0.25, 0.3) is 0 Å². The number of benzene rings is 2. The van der Waals surface area contributed by atoms with Gasteiger partial charge in [0.1, 0.15) is 11.9 Å². The molecule has 0 saturated carbocycles. The summed E-state index contributed by atoms with van der Waals surface area (Å²) < 4.78 is 39.6. The standard InChI is InChI=1S/C16H16FNO4S/c17-13-7-4-8-14(11-13)23(21,22)18-15(16(19)20)10-9-12-5-2-1-3-6-12/h1-8,11,15,18H,9-10H2,(H,19,20)/t15-/m0/s1. The molecule has 0 bridgehead atoms. The largest absolute Gasteiger partial charge is 0.480 e. The van der Waals surface area contributed by atoms with Crippen molar-refractivity contribution < 1.29 is 22.7 Å². The van der Waals surface area contributed by atoms with Gasteiger partial charge in [-0.1, -0.05) is 36.4 Å². The molecule has 23 heavy (non-hydrogen) atoms. The lowest BCUT2D eigenvalue weighted by Gasteiger charge is -2.15. The molecule has 1 atom stereocenters. The molecule has 0 spiro atoms. The molecule has 0 fully saturated rings. The molecule has 0 aromatic heterocycles. The number of hydrogen-bond donors (Lipinski definition) is 2. The van der Waals surface area contributed by atoms with Crippen molar-refractivity contribution >= 4 is 16.0 Å². The summed E-state index contributed by atoms with van der Waals surface area (Å²) in [6.07, 6.45) is 0.497. The lowest BCUT2D eigenvalue weighted by atomic mass is 10.1. The van der Waals surface area contributed by atoms with Crippen molar-refractivity contribution in [2.75, 3.05) is 0 Å². The van der Waals surface area contributed by atoms with Crippen molar-refractivity contribution in [2.45, 2.75) is 23.8 Å². The van der Waals surface area contributed by atoms with Gasteiger partial charge < -0.3 is 5.11 Å². The van der Waals surface area contributed by atoms with Crippen LogP contribution in [-0.2, 0) is 21.2 Å². The third-order valence-corrected chi connectivity index (χ3v) is 4.74. The highest BCUT2D eigenvalue weighted by Gasteiger charge is 2.25. The maximum absolute atomic E-state index is 13.2. The molecule has 0 saturated heterocycles. The van der Waals surface area contributed by atoms with Gasteiger partial charge in [-0.3, -0.25) is 4.79 Å². The zero-order chi connectivity index (χ0) is 16.9. The molecule has 0 aliphatic heterocycles. The van der Waals surface area contributed by atoms with E-state index in [1.54, 1.807) is 0 Å². The van der Waals surface area contributed by atoms with Gasteiger partial charge >= 0.3 is 5.97 Å². The molecule has 2 aromatic rings. The number of aryl methyl sites for hydroxylation is 1. The van der Waals surface area contributed by atoms with Gasteiger partial charge in [-0.05, 0) is 36.6 Å². The number of nitrogens with one attached hydrogen (secondary N) is 1. The molecule has 0 unspecified atom stereocenters. The monoisotopic (exact) mass is 337 g/mol. The van der Waals surface area contributed by atoms with Crippen molar-refractivity contribution in [1.82, 2.24) is 4.72 Å². The van der Waals surface area contributed by atoms with Gasteiger partial charge in [0.15, 0.2) is 0 Å². The smallest absolute Gasteiger partial charge is 0.321 e. The van der Waals surface area contributed by atoms with E-state index in [0.717, 1.165) is 17.7 Å². The van der Waals surface area contributed by atoms with Crippen molar-refractivity contribution in [2.24, 2.45) is 0 Å². The molecule has 2 rings (SSSR count). The van der Waals surface area contributed by atoms with E-state index in [0.29, 0.717) is 6.42 Å². The molecule has 7 heteroatoms. The summed E-state index contributed by atoms with van der Waals surface area (Å²) in [5.41, 5.74) is 0.906. The highest BCUT2D eigenvalue weighted by atomic mass is 32.2. The molecule has 5 nitrogen and oxygen atoms in total. The normalized spacial score (nSPS) is 12.7. The van der Waals surface area contributed by atoms with Crippen molar-refractivity contribution in [1.29, 1.82) is 0 Å². The number of rotatable bonds is 7. The number of carboxylic acids is 1. The Balaban J connectivity index is 2.11. The number of carbonyl (C=O) groups is 1. The third-order valence-electron chi connectivity index (χ3n) is 3.27. The Labute approximate surface area is 133 Å². The third kappa shape index (κ3) is 4.87. The average molecular weight is 337 g/mol. The van der Waals surface area contributed by atoms with Crippen LogP contribution in [0.3, 0.4) is 0 Å². The minimum atomic E-state index is -4.10. The van der Waals surface area contributed by atoms with Gasteiger partial charge in [-0.2, -0.15) is 4.72 Å². The fourth-order valence-electron chi connectivity index (χ4n) is 2.08. The van der Waals surface area contributed by atoms with Crippen LogP contribution < -0.4 is 4.72 Å². The molecule has 0 radical (unpaired) electrons. The van der Waals surface area contributed by atoms with Crippen molar-refractivity contribution in [3.8, 4) is 0 Å². The Bertz CT molecular complexity index is 778. The minimum absolute atomic E-state index is 0.0912. The van der Waals surface area contributed by atoms with Crippen molar-refractivity contribution in [3.63, 3.8) is 0 Å². The van der Waals surface area contributed by atoms with Gasteiger partial charge in [0.05, 0.1) is 4.90 Å². The number of carboxylic acid groups (broad SMARTS) is 1. The quantitative estimate of drug-likeness (QED) is 0.811. The van der Waals surface area contributed by atoms with Crippen LogP contribution in [0, 0.1) is 5.82 Å². The van der Waals surface area contributed by atoms with E-state index in [-0.39, 0.29) is 11.3 Å². The molecule has 2 N–H and O–H groups in total. The number of halogens is 1. The molecular weight excluding hydrogens is 321 g/mol. The fraction of sp³-hybridized carbons (Fsp3) is 0.188. The number of hydrogen-bond acceptors (Lipinski definition) is 3. The van der Waals surface area contributed by atoms with Crippen LogP contribution >= 0.6 is 0 Å². The van der Waals surface area contributed by atoms with E-state index in [2.05, 4.69) is 4.72 Å². The number of sulfonamides is 1. The molecule has 0 amide bonds. The predicted octanol–water partition coefficient (Wildman–Crippen LogP) is 2.19. The maximum Gasteiger partial charge on any atom is 0.321 e. The van der Waals surface area contributed by atoms with Crippen molar-refractivity contribution in [3.05, 3.63) is 66.0 Å². The van der Waals surface area contributed by atoms with Crippen LogP contribution in [-0.4, -0.2) is 25.5 Å². The van der Waals surface area contributed by atoms with E-state index in [4.69, 9.17) is 0 Å². The Morgan fingerprint density at radius 2 is 1.83 bits per heavy atom. The highest BCUT2D eigenvalue weighted by molar-refractivity contribution is 7.89. The average Bonchev–Trinajstić information content (AvgIpc) is 2.52. The van der Waals surface area contributed by atoms with Crippen LogP contribution in [0.4, 0.5) is 4.39 Å². The summed E-state index contributed by atoms with van der Waals surface area (Å²) in [5, 5.41) is 9.22. The molecule has 122 valence electrons. The molecule has 0 aliphatic carbocycles. The Morgan fingerprint density at radius 3 is 2.43 bits per heavy atom. The SMILES string of the molecule is O=C(O)[C@H](CCc1ccccc1)NS(=O)(=O)c1cccc(F)c1. The summed E-state index contributed by atoms with van der Waals surface area (Å²) in [4.78, 5) is 11.0. The Hall–Kier alpha value is -2.25. The second-order valence-electron chi connectivity index (χ2n) is 4.99. The second-order valence-corrected chi connectivity index (χ2v) is 6.71. The molecule has 0 aliphatic rings. The zero-order valence-electron chi connectivity index (χ0n) is 12.1. The first-order chi connectivity index (χ1) is 10.9. The van der Waals surface area contributed by atoms with Gasteiger partial charge in [0, 0.05) is 0 Å². The van der Waals surface area contributed by atoms with Gasteiger partial charge in [-0.15, -0.1) is 0 Å². The van der Waals surface area contributed by atoms with E-state index in [9.17, 15) is 22.7 Å². The van der Waals surface area contributed by atoms with Gasteiger partial charge in [0.2, 0.25) is 10.0 Å². The minimum Gasteiger partial charge on any atom is -0.480 e. The molecule has 2 aromatic carbocycles. The lowest BCUT2D eigenvalue weighted by Crippen LogP contribution is -2.41. The van der Waals surface area contributed by atoms with Crippen LogP contribution in [0.25, 0.3) is 0 Å². The maximum atomic E-state index is 13.2. The van der Waals surface area contributed by atoms with Gasteiger partial charge in [-0.25, -0.2) is 12.8 Å². The Kier molecular flexibility index (Phi) is 5.46.